The number of benzene rings is 2. The van der Waals surface area contributed by atoms with E-state index in [1.54, 1.807) is 7.11 Å². The van der Waals surface area contributed by atoms with Gasteiger partial charge in [-0.05, 0) is 42.0 Å². The number of methoxy groups -OCH3 is 1. The molecule has 0 fully saturated rings. The first-order valence-corrected chi connectivity index (χ1v) is 7.91. The van der Waals surface area contributed by atoms with Gasteiger partial charge in [-0.3, -0.25) is 0 Å². The van der Waals surface area contributed by atoms with Crippen LogP contribution in [-0.2, 0) is 6.42 Å². The van der Waals surface area contributed by atoms with E-state index in [-0.39, 0.29) is 18.7 Å². The minimum absolute atomic E-state index is 0.0386. The molecule has 22 heavy (non-hydrogen) atoms. The molecule has 0 aliphatic heterocycles. The van der Waals surface area contributed by atoms with Crippen LogP contribution in [0.1, 0.15) is 41.6 Å². The third-order valence-corrected chi connectivity index (χ3v) is 4.47. The largest absolute Gasteiger partial charge is 0.496 e. The Labute approximate surface area is 131 Å². The second kappa shape index (κ2) is 6.95. The first-order valence-electron chi connectivity index (χ1n) is 7.91. The van der Waals surface area contributed by atoms with E-state index < -0.39 is 0 Å². The summed E-state index contributed by atoms with van der Waals surface area (Å²) in [6.45, 7) is 0.0970. The lowest BCUT2D eigenvalue weighted by atomic mass is 9.86. The highest BCUT2D eigenvalue weighted by Gasteiger charge is 2.25. The third kappa shape index (κ3) is 3.01. The maximum atomic E-state index is 9.77. The molecule has 0 saturated heterocycles. The van der Waals surface area contributed by atoms with Crippen molar-refractivity contribution in [2.45, 2.75) is 31.3 Å². The highest BCUT2D eigenvalue weighted by Crippen LogP contribution is 2.36. The topological polar surface area (TPSA) is 41.5 Å². The Morgan fingerprint density at radius 3 is 2.73 bits per heavy atom. The molecule has 0 aromatic heterocycles. The van der Waals surface area contributed by atoms with Crippen LogP contribution in [0.4, 0.5) is 0 Å². The van der Waals surface area contributed by atoms with Crippen LogP contribution in [0, 0.1) is 0 Å². The lowest BCUT2D eigenvalue weighted by molar-refractivity contribution is 0.228. The van der Waals surface area contributed by atoms with Gasteiger partial charge in [0.05, 0.1) is 19.8 Å². The van der Waals surface area contributed by atoms with Crippen molar-refractivity contribution in [3.8, 4) is 5.75 Å². The molecule has 0 amide bonds. The minimum atomic E-state index is -0.0386. The third-order valence-electron chi connectivity index (χ3n) is 4.47. The summed E-state index contributed by atoms with van der Waals surface area (Å²) < 4.78 is 5.50. The molecule has 3 nitrogen and oxygen atoms in total. The number of hydrogen-bond donors (Lipinski definition) is 2. The standard InChI is InChI=1S/C19H23NO2/c1-22-19-12-6-9-15-16(19)10-5-11-17(15)20-18(13-21)14-7-3-2-4-8-14/h2-4,6-9,12,17-18,20-21H,5,10-11,13H2,1H3/t17-,18-/m1/s1. The number of fused-ring (bicyclic) bond motifs is 1. The number of aliphatic hydroxyl groups is 1. The molecule has 1 aliphatic rings. The minimum Gasteiger partial charge on any atom is -0.496 e. The molecule has 0 unspecified atom stereocenters. The van der Waals surface area contributed by atoms with Gasteiger partial charge < -0.3 is 15.2 Å². The molecule has 0 saturated carbocycles. The Balaban J connectivity index is 1.85. The smallest absolute Gasteiger partial charge is 0.122 e. The summed E-state index contributed by atoms with van der Waals surface area (Å²) in [6.07, 6.45) is 3.29. The van der Waals surface area contributed by atoms with Crippen LogP contribution in [0.3, 0.4) is 0 Å². The molecular formula is C19H23NO2. The summed E-state index contributed by atoms with van der Waals surface area (Å²) in [5, 5.41) is 13.4. The van der Waals surface area contributed by atoms with Crippen molar-refractivity contribution in [2.24, 2.45) is 0 Å². The lowest BCUT2D eigenvalue weighted by Crippen LogP contribution is -2.31. The Hall–Kier alpha value is -1.84. The van der Waals surface area contributed by atoms with Crippen molar-refractivity contribution in [3.63, 3.8) is 0 Å². The Kier molecular flexibility index (Phi) is 4.76. The summed E-state index contributed by atoms with van der Waals surface area (Å²) in [4.78, 5) is 0. The Morgan fingerprint density at radius 1 is 1.18 bits per heavy atom. The summed E-state index contributed by atoms with van der Waals surface area (Å²) in [5.41, 5.74) is 3.73. The molecule has 3 rings (SSSR count). The van der Waals surface area contributed by atoms with E-state index in [0.29, 0.717) is 0 Å². The monoisotopic (exact) mass is 297 g/mol. The maximum Gasteiger partial charge on any atom is 0.122 e. The van der Waals surface area contributed by atoms with Crippen LogP contribution in [0.2, 0.25) is 0 Å². The molecule has 0 heterocycles. The molecule has 0 radical (unpaired) electrons. The van der Waals surface area contributed by atoms with Gasteiger partial charge in [0.1, 0.15) is 5.75 Å². The molecular weight excluding hydrogens is 274 g/mol. The van der Waals surface area contributed by atoms with E-state index in [2.05, 4.69) is 23.5 Å². The van der Waals surface area contributed by atoms with Crippen molar-refractivity contribution < 1.29 is 9.84 Å². The molecule has 0 bridgehead atoms. The SMILES string of the molecule is COc1cccc2c1CCC[C@H]2N[C@H](CO)c1ccccc1. The van der Waals surface area contributed by atoms with Crippen molar-refractivity contribution in [1.82, 2.24) is 5.32 Å². The predicted octanol–water partition coefficient (Wildman–Crippen LogP) is 3.40. The molecule has 116 valence electrons. The van der Waals surface area contributed by atoms with Crippen LogP contribution in [-0.4, -0.2) is 18.8 Å². The van der Waals surface area contributed by atoms with Crippen LogP contribution < -0.4 is 10.1 Å². The van der Waals surface area contributed by atoms with Crippen molar-refractivity contribution >= 4 is 0 Å². The van der Waals surface area contributed by atoms with Gasteiger partial charge in [0, 0.05) is 6.04 Å². The molecule has 2 aromatic carbocycles. The van der Waals surface area contributed by atoms with E-state index in [0.717, 1.165) is 30.6 Å². The van der Waals surface area contributed by atoms with Gasteiger partial charge in [-0.1, -0.05) is 42.5 Å². The van der Waals surface area contributed by atoms with E-state index >= 15 is 0 Å². The van der Waals surface area contributed by atoms with Gasteiger partial charge in [0.2, 0.25) is 0 Å². The first kappa shape index (κ1) is 15.1. The quantitative estimate of drug-likeness (QED) is 0.889. The van der Waals surface area contributed by atoms with Gasteiger partial charge in [0.15, 0.2) is 0 Å². The zero-order chi connectivity index (χ0) is 15.4. The van der Waals surface area contributed by atoms with Crippen molar-refractivity contribution in [2.75, 3.05) is 13.7 Å². The lowest BCUT2D eigenvalue weighted by Gasteiger charge is -2.31. The van der Waals surface area contributed by atoms with Crippen LogP contribution in [0.5, 0.6) is 5.75 Å². The number of aliphatic hydroxyl groups excluding tert-OH is 1. The van der Waals surface area contributed by atoms with Gasteiger partial charge in [-0.2, -0.15) is 0 Å². The van der Waals surface area contributed by atoms with E-state index in [1.165, 1.54) is 11.1 Å². The summed E-state index contributed by atoms with van der Waals surface area (Å²) in [7, 11) is 1.73. The summed E-state index contributed by atoms with van der Waals surface area (Å²) in [6, 6.07) is 16.6. The van der Waals surface area contributed by atoms with Crippen LogP contribution in [0.15, 0.2) is 48.5 Å². The predicted molar refractivity (Wildman–Crippen MR) is 88.1 cm³/mol. The molecule has 2 atom stereocenters. The molecule has 2 aromatic rings. The molecule has 3 heteroatoms. The van der Waals surface area contributed by atoms with Crippen LogP contribution in [0.25, 0.3) is 0 Å². The fraction of sp³-hybridized carbons (Fsp3) is 0.368. The number of ether oxygens (including phenoxy) is 1. The van der Waals surface area contributed by atoms with Crippen molar-refractivity contribution in [3.05, 3.63) is 65.2 Å². The second-order valence-corrected chi connectivity index (χ2v) is 5.79. The van der Waals surface area contributed by atoms with E-state index in [1.807, 2.05) is 30.3 Å². The Morgan fingerprint density at radius 2 is 2.00 bits per heavy atom. The molecule has 1 aliphatic carbocycles. The molecule has 2 N–H and O–H groups in total. The van der Waals surface area contributed by atoms with Crippen LogP contribution >= 0.6 is 0 Å². The normalized spacial score (nSPS) is 18.5. The molecule has 0 spiro atoms. The second-order valence-electron chi connectivity index (χ2n) is 5.79. The first-order chi connectivity index (χ1) is 10.8. The highest BCUT2D eigenvalue weighted by molar-refractivity contribution is 5.43. The summed E-state index contributed by atoms with van der Waals surface area (Å²) >= 11 is 0. The van der Waals surface area contributed by atoms with E-state index in [9.17, 15) is 5.11 Å². The number of rotatable bonds is 5. The van der Waals surface area contributed by atoms with Gasteiger partial charge >= 0.3 is 0 Å². The fourth-order valence-corrected chi connectivity index (χ4v) is 3.36. The van der Waals surface area contributed by atoms with E-state index in [4.69, 9.17) is 4.74 Å². The van der Waals surface area contributed by atoms with Crippen molar-refractivity contribution in [1.29, 1.82) is 0 Å². The number of hydrogen-bond acceptors (Lipinski definition) is 3. The maximum absolute atomic E-state index is 9.77. The zero-order valence-corrected chi connectivity index (χ0v) is 13.0. The van der Waals surface area contributed by atoms with Gasteiger partial charge in [-0.15, -0.1) is 0 Å². The fourth-order valence-electron chi connectivity index (χ4n) is 3.36. The van der Waals surface area contributed by atoms with Gasteiger partial charge in [0.25, 0.3) is 0 Å². The Bertz CT molecular complexity index is 612. The number of nitrogens with one attached hydrogen (secondary N) is 1. The highest BCUT2D eigenvalue weighted by atomic mass is 16.5. The average Bonchev–Trinajstić information content (AvgIpc) is 2.60. The zero-order valence-electron chi connectivity index (χ0n) is 13.0. The summed E-state index contributed by atoms with van der Waals surface area (Å²) in [5.74, 6) is 0.976. The van der Waals surface area contributed by atoms with Gasteiger partial charge in [-0.25, -0.2) is 0 Å². The average molecular weight is 297 g/mol.